The highest BCUT2D eigenvalue weighted by molar-refractivity contribution is 7.89. The van der Waals surface area contributed by atoms with E-state index in [0.717, 1.165) is 23.2 Å². The van der Waals surface area contributed by atoms with Gasteiger partial charge in [-0.05, 0) is 75.6 Å². The van der Waals surface area contributed by atoms with Crippen molar-refractivity contribution >= 4 is 55.9 Å². The second-order valence-electron chi connectivity index (χ2n) is 12.5. The first-order valence-electron chi connectivity index (χ1n) is 16.4. The highest BCUT2D eigenvalue weighted by atomic mass is 35.5. The van der Waals surface area contributed by atoms with Gasteiger partial charge in [-0.1, -0.05) is 29.8 Å². The van der Waals surface area contributed by atoms with Gasteiger partial charge in [0, 0.05) is 31.4 Å². The van der Waals surface area contributed by atoms with Crippen molar-refractivity contribution in [3.05, 3.63) is 64.6 Å². The number of fused-ring (bicyclic) bond motifs is 1. The Morgan fingerprint density at radius 3 is 2.48 bits per heavy atom. The number of sulfonamides is 1. The first-order valence-corrected chi connectivity index (χ1v) is 18.4. The van der Waals surface area contributed by atoms with Crippen LogP contribution in [-0.2, 0) is 35.5 Å². The quantitative estimate of drug-likeness (QED) is 0.257. The molecule has 1 N–H and O–H groups in total. The molecule has 3 heterocycles. The number of nitrogens with one attached hydrogen (secondary N) is 1. The van der Waals surface area contributed by atoms with Crippen molar-refractivity contribution in [3.63, 3.8) is 0 Å². The van der Waals surface area contributed by atoms with Crippen molar-refractivity contribution in [1.29, 1.82) is 0 Å². The standard InChI is InChI=1S/C34H39ClFN3O8S/c1-2-45-33(42)22-10-12-24(13-11-22)47-34(38-14-5-6-15-38,39-16-7-17-48(39,43)44)31(40)19-23-18-27(35)29(20-28(23)36)37-32(41)26-21-46-30-9-4-3-8-25(26)30/h3-4,8-9,18,20-22,24H,2,5-7,10-17,19H2,1H3,(H,37,41). The molecule has 2 aromatic carbocycles. The van der Waals surface area contributed by atoms with Gasteiger partial charge in [-0.15, -0.1) is 0 Å². The van der Waals surface area contributed by atoms with E-state index in [0.29, 0.717) is 56.2 Å². The lowest BCUT2D eigenvalue weighted by Gasteiger charge is -2.47. The average Bonchev–Trinajstić information content (AvgIpc) is 3.83. The maximum atomic E-state index is 15.8. The van der Waals surface area contributed by atoms with Gasteiger partial charge in [0.15, 0.2) is 0 Å². The minimum Gasteiger partial charge on any atom is -0.466 e. The van der Waals surface area contributed by atoms with E-state index in [-0.39, 0.29) is 52.6 Å². The van der Waals surface area contributed by atoms with Gasteiger partial charge in [0.1, 0.15) is 17.7 Å². The van der Waals surface area contributed by atoms with Crippen molar-refractivity contribution < 1.29 is 41.1 Å². The van der Waals surface area contributed by atoms with E-state index in [1.54, 1.807) is 36.1 Å². The predicted molar refractivity (Wildman–Crippen MR) is 176 cm³/mol. The number of ether oxygens (including phenoxy) is 2. The Balaban J connectivity index is 1.28. The van der Waals surface area contributed by atoms with E-state index in [1.165, 1.54) is 12.3 Å². The molecule has 0 bridgehead atoms. The maximum Gasteiger partial charge on any atom is 0.308 e. The van der Waals surface area contributed by atoms with E-state index in [1.807, 2.05) is 0 Å². The van der Waals surface area contributed by atoms with Crippen LogP contribution in [0.5, 0.6) is 0 Å². The molecule has 1 saturated carbocycles. The Morgan fingerprint density at radius 1 is 1.06 bits per heavy atom. The molecule has 48 heavy (non-hydrogen) atoms. The summed E-state index contributed by atoms with van der Waals surface area (Å²) < 4.78 is 61.2. The monoisotopic (exact) mass is 703 g/mol. The third-order valence-electron chi connectivity index (χ3n) is 9.42. The van der Waals surface area contributed by atoms with Crippen LogP contribution in [0.3, 0.4) is 0 Å². The van der Waals surface area contributed by atoms with Crippen molar-refractivity contribution in [3.8, 4) is 0 Å². The molecule has 1 aliphatic carbocycles. The van der Waals surface area contributed by atoms with Crippen LogP contribution in [0.4, 0.5) is 10.1 Å². The smallest absolute Gasteiger partial charge is 0.308 e. The second kappa shape index (κ2) is 14.2. The molecule has 6 rings (SSSR count). The normalized spacial score (nSPS) is 22.8. The number of esters is 1. The molecule has 3 aromatic rings. The summed E-state index contributed by atoms with van der Waals surface area (Å²) in [7, 11) is -3.88. The summed E-state index contributed by atoms with van der Waals surface area (Å²) in [4.78, 5) is 41.8. The molecule has 3 aliphatic rings. The molecule has 0 spiro atoms. The highest BCUT2D eigenvalue weighted by Crippen LogP contribution is 2.39. The summed E-state index contributed by atoms with van der Waals surface area (Å²) in [5.74, 6) is -4.65. The van der Waals surface area contributed by atoms with Gasteiger partial charge >= 0.3 is 5.97 Å². The lowest BCUT2D eigenvalue weighted by Crippen LogP contribution is -2.68. The van der Waals surface area contributed by atoms with Crippen molar-refractivity contribution in [2.45, 2.75) is 70.2 Å². The zero-order valence-electron chi connectivity index (χ0n) is 26.7. The van der Waals surface area contributed by atoms with E-state index in [2.05, 4.69) is 5.32 Å². The van der Waals surface area contributed by atoms with Gasteiger partial charge in [-0.2, -0.15) is 4.31 Å². The number of amides is 1. The molecule has 258 valence electrons. The number of para-hydroxylation sites is 1. The number of carbonyl (C=O) groups excluding carboxylic acids is 3. The zero-order valence-corrected chi connectivity index (χ0v) is 28.3. The number of ketones is 1. The van der Waals surface area contributed by atoms with Crippen LogP contribution >= 0.6 is 11.6 Å². The minimum atomic E-state index is -3.88. The van der Waals surface area contributed by atoms with E-state index in [9.17, 15) is 22.8 Å². The molecule has 3 fully saturated rings. The number of nitrogens with zero attached hydrogens (tertiary/aromatic N) is 2. The Labute approximate surface area is 283 Å². The van der Waals surface area contributed by atoms with Crippen LogP contribution in [-0.4, -0.2) is 79.2 Å². The van der Waals surface area contributed by atoms with Crippen LogP contribution in [0.25, 0.3) is 11.0 Å². The number of furan rings is 1. The largest absolute Gasteiger partial charge is 0.466 e. The van der Waals surface area contributed by atoms with Gasteiger partial charge in [0.05, 0.1) is 40.7 Å². The Hall–Kier alpha value is -3.36. The molecule has 1 aromatic heterocycles. The van der Waals surface area contributed by atoms with Crippen LogP contribution in [0, 0.1) is 11.7 Å². The maximum absolute atomic E-state index is 15.8. The Kier molecular flexibility index (Phi) is 10.2. The van der Waals surface area contributed by atoms with Crippen LogP contribution in [0.2, 0.25) is 5.02 Å². The van der Waals surface area contributed by atoms with E-state index < -0.39 is 45.9 Å². The second-order valence-corrected chi connectivity index (χ2v) is 14.9. The first-order chi connectivity index (χ1) is 23.0. The number of Topliss-reactive ketones (excluding diaryl/α,β-unsaturated/α-hetero) is 1. The first kappa shape index (κ1) is 34.5. The average molecular weight is 704 g/mol. The summed E-state index contributed by atoms with van der Waals surface area (Å²) in [5.41, 5.74) is 0.705. The third-order valence-corrected chi connectivity index (χ3v) is 11.6. The number of likely N-dealkylation sites (tertiary alicyclic amines) is 1. The number of anilines is 1. The van der Waals surface area contributed by atoms with Crippen molar-refractivity contribution in [1.82, 2.24) is 9.21 Å². The number of carbonyl (C=O) groups is 3. The molecule has 11 nitrogen and oxygen atoms in total. The van der Waals surface area contributed by atoms with Gasteiger partial charge < -0.3 is 19.2 Å². The molecule has 1 amide bonds. The van der Waals surface area contributed by atoms with Crippen LogP contribution in [0.1, 0.15) is 67.8 Å². The number of rotatable bonds is 11. The highest BCUT2D eigenvalue weighted by Gasteiger charge is 2.58. The number of benzene rings is 2. The fourth-order valence-corrected chi connectivity index (χ4v) is 9.02. The lowest BCUT2D eigenvalue weighted by atomic mass is 9.87. The summed E-state index contributed by atoms with van der Waals surface area (Å²) in [6.07, 6.45) is 3.91. The van der Waals surface area contributed by atoms with Gasteiger partial charge in [-0.25, -0.2) is 12.8 Å². The summed E-state index contributed by atoms with van der Waals surface area (Å²) >= 11 is 6.54. The van der Waals surface area contributed by atoms with Crippen molar-refractivity contribution in [2.24, 2.45) is 5.92 Å². The summed E-state index contributed by atoms with van der Waals surface area (Å²) in [5, 5.41) is 3.20. The molecule has 2 saturated heterocycles. The fourth-order valence-electron chi connectivity index (χ4n) is 7.03. The molecule has 1 unspecified atom stereocenters. The molecule has 0 radical (unpaired) electrons. The zero-order chi connectivity index (χ0) is 34.1. The van der Waals surface area contributed by atoms with Crippen molar-refractivity contribution in [2.75, 3.05) is 37.3 Å². The third kappa shape index (κ3) is 6.75. The van der Waals surface area contributed by atoms with E-state index in [4.69, 9.17) is 25.5 Å². The van der Waals surface area contributed by atoms with Crippen LogP contribution < -0.4 is 5.32 Å². The minimum absolute atomic E-state index is 0.000812. The number of hydrogen-bond donors (Lipinski definition) is 1. The number of halogens is 2. The van der Waals surface area contributed by atoms with Gasteiger partial charge in [0.25, 0.3) is 11.8 Å². The number of hydrogen-bond acceptors (Lipinski definition) is 9. The van der Waals surface area contributed by atoms with E-state index >= 15 is 4.39 Å². The summed E-state index contributed by atoms with van der Waals surface area (Å²) in [6.45, 7) is 2.96. The Bertz CT molecular complexity index is 1800. The molecular formula is C34H39ClFN3O8S. The Morgan fingerprint density at radius 2 is 1.79 bits per heavy atom. The lowest BCUT2D eigenvalue weighted by molar-refractivity contribution is -0.234. The predicted octanol–water partition coefficient (Wildman–Crippen LogP) is 5.51. The molecule has 2 aliphatic heterocycles. The molecule has 1 atom stereocenters. The van der Waals surface area contributed by atoms with Crippen LogP contribution in [0.15, 0.2) is 47.1 Å². The molecular weight excluding hydrogens is 665 g/mol. The molecule has 14 heteroatoms. The van der Waals surface area contributed by atoms with Gasteiger partial charge in [-0.3, -0.25) is 19.3 Å². The summed E-state index contributed by atoms with van der Waals surface area (Å²) in [6, 6.07) is 9.31. The fraction of sp³-hybridized carbons (Fsp3) is 0.500. The SMILES string of the molecule is CCOC(=O)C1CCC(OC(C(=O)Cc2cc(Cl)c(NC(=O)c3coc4ccccc34)cc2F)(N2CCCC2)N2CCCS2(=O)=O)CC1. The van der Waals surface area contributed by atoms with Gasteiger partial charge in [0.2, 0.25) is 15.8 Å². The topological polar surface area (TPSA) is 135 Å².